The largest absolute Gasteiger partial charge is 0.452 e. The maximum Gasteiger partial charge on any atom is 0.340 e. The van der Waals surface area contributed by atoms with Crippen LogP contribution >= 0.6 is 15.9 Å². The highest BCUT2D eigenvalue weighted by molar-refractivity contribution is 9.10. The van der Waals surface area contributed by atoms with Crippen molar-refractivity contribution in [3.63, 3.8) is 0 Å². The predicted octanol–water partition coefficient (Wildman–Crippen LogP) is 3.09. The summed E-state index contributed by atoms with van der Waals surface area (Å²) in [6, 6.07) is 8.72. The summed E-state index contributed by atoms with van der Waals surface area (Å²) < 4.78 is 18.7. The third-order valence-electron chi connectivity index (χ3n) is 3.15. The van der Waals surface area contributed by atoms with Crippen LogP contribution in [-0.2, 0) is 9.53 Å². The van der Waals surface area contributed by atoms with Crippen LogP contribution in [0.1, 0.15) is 16.8 Å². The summed E-state index contributed by atoms with van der Waals surface area (Å²) in [5, 5.41) is 8.74. The second-order valence-corrected chi connectivity index (χ2v) is 5.81. The molecule has 0 saturated carbocycles. The minimum Gasteiger partial charge on any atom is -0.452 e. The van der Waals surface area contributed by atoms with Crippen LogP contribution in [0.15, 0.2) is 47.2 Å². The lowest BCUT2D eigenvalue weighted by Crippen LogP contribution is -2.35. The van der Waals surface area contributed by atoms with E-state index in [-0.39, 0.29) is 18.5 Å². The van der Waals surface area contributed by atoms with Crippen LogP contribution < -0.4 is 4.90 Å². The summed E-state index contributed by atoms with van der Waals surface area (Å²) in [6.07, 6.45) is 2.93. The average Bonchev–Trinajstić information content (AvgIpc) is 2.61. The van der Waals surface area contributed by atoms with Gasteiger partial charge in [-0.05, 0) is 46.3 Å². The van der Waals surface area contributed by atoms with Crippen LogP contribution in [0.25, 0.3) is 0 Å². The van der Waals surface area contributed by atoms with Gasteiger partial charge in [0.2, 0.25) is 0 Å². The molecule has 0 spiro atoms. The topological polar surface area (TPSA) is 83.3 Å². The summed E-state index contributed by atoms with van der Waals surface area (Å²) in [5.41, 5.74) is 0.620. The molecule has 1 amide bonds. The molecule has 25 heavy (non-hydrogen) atoms. The summed E-state index contributed by atoms with van der Waals surface area (Å²) in [4.78, 5) is 29.4. The number of carbonyl (C=O) groups is 2. The number of hydrogen-bond donors (Lipinski definition) is 0. The van der Waals surface area contributed by atoms with Gasteiger partial charge < -0.3 is 9.64 Å². The number of hydrogen-bond acceptors (Lipinski definition) is 5. The Morgan fingerprint density at radius 1 is 1.28 bits per heavy atom. The van der Waals surface area contributed by atoms with Crippen molar-refractivity contribution in [2.75, 3.05) is 18.1 Å². The van der Waals surface area contributed by atoms with E-state index in [4.69, 9.17) is 10.00 Å². The molecule has 2 aromatic rings. The number of amides is 1. The molecule has 0 aliphatic rings. The first-order chi connectivity index (χ1) is 12.0. The van der Waals surface area contributed by atoms with Crippen molar-refractivity contribution in [1.29, 1.82) is 5.26 Å². The fourth-order valence-electron chi connectivity index (χ4n) is 1.99. The summed E-state index contributed by atoms with van der Waals surface area (Å²) in [7, 11) is 0. The van der Waals surface area contributed by atoms with Crippen LogP contribution in [0.2, 0.25) is 0 Å². The third kappa shape index (κ3) is 5.36. The highest BCUT2D eigenvalue weighted by Crippen LogP contribution is 2.16. The molecule has 0 atom stereocenters. The van der Waals surface area contributed by atoms with Gasteiger partial charge in [-0.25, -0.2) is 9.18 Å². The van der Waals surface area contributed by atoms with Crippen LogP contribution in [0.4, 0.5) is 10.1 Å². The van der Waals surface area contributed by atoms with Gasteiger partial charge in [-0.1, -0.05) is 0 Å². The van der Waals surface area contributed by atoms with E-state index in [0.717, 1.165) is 0 Å². The first-order valence-corrected chi connectivity index (χ1v) is 8.01. The number of nitrogens with zero attached hydrogens (tertiary/aromatic N) is 3. The van der Waals surface area contributed by atoms with Crippen molar-refractivity contribution < 1.29 is 18.7 Å². The minimum atomic E-state index is -0.693. The minimum absolute atomic E-state index is 0.0899. The number of benzene rings is 1. The van der Waals surface area contributed by atoms with Gasteiger partial charge in [-0.2, -0.15) is 5.26 Å². The van der Waals surface area contributed by atoms with Gasteiger partial charge in [0.05, 0.1) is 18.1 Å². The number of ether oxygens (including phenoxy) is 1. The van der Waals surface area contributed by atoms with Crippen molar-refractivity contribution in [3.05, 3.63) is 58.6 Å². The number of pyridine rings is 1. The Morgan fingerprint density at radius 3 is 2.64 bits per heavy atom. The molecule has 0 aliphatic heterocycles. The van der Waals surface area contributed by atoms with Crippen LogP contribution in [-0.4, -0.2) is 30.0 Å². The molecular formula is C17H13BrFN3O3. The van der Waals surface area contributed by atoms with Gasteiger partial charge >= 0.3 is 5.97 Å². The molecule has 0 unspecified atom stereocenters. The molecule has 6 nitrogen and oxygen atoms in total. The molecule has 0 aliphatic carbocycles. The van der Waals surface area contributed by atoms with Crippen molar-refractivity contribution in [3.8, 4) is 6.07 Å². The zero-order chi connectivity index (χ0) is 18.2. The zero-order valence-electron chi connectivity index (χ0n) is 13.0. The molecule has 0 saturated heterocycles. The molecule has 0 radical (unpaired) electrons. The number of nitriles is 1. The summed E-state index contributed by atoms with van der Waals surface area (Å²) in [6.45, 7) is -0.398. The number of esters is 1. The van der Waals surface area contributed by atoms with Gasteiger partial charge in [0.15, 0.2) is 6.61 Å². The lowest BCUT2D eigenvalue weighted by atomic mass is 10.2. The van der Waals surface area contributed by atoms with E-state index in [1.54, 1.807) is 0 Å². The van der Waals surface area contributed by atoms with Gasteiger partial charge in [0.25, 0.3) is 5.91 Å². The predicted molar refractivity (Wildman–Crippen MR) is 91.2 cm³/mol. The SMILES string of the molecule is N#CCCN(C(=O)COC(=O)c1cncc(Br)c1)c1ccc(F)cc1. The van der Waals surface area contributed by atoms with Crippen molar-refractivity contribution in [1.82, 2.24) is 4.98 Å². The standard InChI is InChI=1S/C17H13BrFN3O3/c18-13-8-12(9-21-10-13)17(24)25-11-16(23)22(7-1-6-20)15-4-2-14(19)3-5-15/h2-5,8-10H,1,7,11H2. The molecule has 0 bridgehead atoms. The van der Waals surface area contributed by atoms with Crippen LogP contribution in [0.3, 0.4) is 0 Å². The molecule has 1 aromatic heterocycles. The summed E-state index contributed by atoms with van der Waals surface area (Å²) >= 11 is 3.19. The number of rotatable bonds is 6. The monoisotopic (exact) mass is 405 g/mol. The normalized spacial score (nSPS) is 9.96. The average molecular weight is 406 g/mol. The molecule has 0 N–H and O–H groups in total. The Labute approximate surface area is 152 Å². The van der Waals surface area contributed by atoms with E-state index >= 15 is 0 Å². The van der Waals surface area contributed by atoms with E-state index in [1.807, 2.05) is 6.07 Å². The molecule has 128 valence electrons. The second kappa shape index (κ2) is 8.89. The Morgan fingerprint density at radius 2 is 2.00 bits per heavy atom. The van der Waals surface area contributed by atoms with E-state index < -0.39 is 24.3 Å². The van der Waals surface area contributed by atoms with Crippen molar-refractivity contribution in [2.45, 2.75) is 6.42 Å². The van der Waals surface area contributed by atoms with Gasteiger partial charge in [-0.15, -0.1) is 0 Å². The molecule has 8 heteroatoms. The highest BCUT2D eigenvalue weighted by atomic mass is 79.9. The zero-order valence-corrected chi connectivity index (χ0v) is 14.6. The Balaban J connectivity index is 2.05. The molecule has 1 aromatic carbocycles. The summed E-state index contributed by atoms with van der Waals surface area (Å²) in [5.74, 6) is -1.65. The number of halogens is 2. The first kappa shape index (κ1) is 18.5. The lowest BCUT2D eigenvalue weighted by Gasteiger charge is -2.21. The maximum absolute atomic E-state index is 13.0. The fraction of sp³-hybridized carbons (Fsp3) is 0.176. The van der Waals surface area contributed by atoms with Crippen molar-refractivity contribution >= 4 is 33.5 Å². The Hall–Kier alpha value is -2.79. The van der Waals surface area contributed by atoms with E-state index in [2.05, 4.69) is 20.9 Å². The molecule has 0 fully saturated rings. The number of anilines is 1. The van der Waals surface area contributed by atoms with E-state index in [1.165, 1.54) is 47.6 Å². The quantitative estimate of drug-likeness (QED) is 0.689. The highest BCUT2D eigenvalue weighted by Gasteiger charge is 2.18. The first-order valence-electron chi connectivity index (χ1n) is 7.22. The van der Waals surface area contributed by atoms with Crippen molar-refractivity contribution in [2.24, 2.45) is 0 Å². The molecule has 1 heterocycles. The van der Waals surface area contributed by atoms with Crippen LogP contribution in [0, 0.1) is 17.1 Å². The maximum atomic E-state index is 13.0. The number of carbonyl (C=O) groups excluding carboxylic acids is 2. The molecule has 2 rings (SSSR count). The number of aromatic nitrogens is 1. The smallest absolute Gasteiger partial charge is 0.340 e. The van der Waals surface area contributed by atoms with Gasteiger partial charge in [-0.3, -0.25) is 9.78 Å². The van der Waals surface area contributed by atoms with E-state index in [9.17, 15) is 14.0 Å². The lowest BCUT2D eigenvalue weighted by molar-refractivity contribution is -0.121. The van der Waals surface area contributed by atoms with Gasteiger partial charge in [0.1, 0.15) is 5.82 Å². The Bertz CT molecular complexity index is 806. The second-order valence-electron chi connectivity index (χ2n) is 4.90. The Kier molecular flexibility index (Phi) is 6.60. The fourth-order valence-corrected chi connectivity index (χ4v) is 2.36. The third-order valence-corrected chi connectivity index (χ3v) is 3.59. The van der Waals surface area contributed by atoms with Crippen LogP contribution in [0.5, 0.6) is 0 Å². The van der Waals surface area contributed by atoms with E-state index in [0.29, 0.717) is 10.2 Å². The van der Waals surface area contributed by atoms with Gasteiger partial charge in [0, 0.05) is 29.1 Å². The molecular weight excluding hydrogens is 393 g/mol.